The molecular weight excluding hydrogens is 446 g/mol. The molecule has 4 aromatic rings. The van der Waals surface area contributed by atoms with Crippen LogP contribution in [0.4, 0.5) is 0 Å². The molecule has 2 aromatic heterocycles. The van der Waals surface area contributed by atoms with Gasteiger partial charge >= 0.3 is 0 Å². The molecule has 3 heterocycles. The molecule has 1 fully saturated rings. The molecule has 0 amide bonds. The molecule has 1 N–H and O–H groups in total. The van der Waals surface area contributed by atoms with Gasteiger partial charge in [-0.25, -0.2) is 4.31 Å². The van der Waals surface area contributed by atoms with Gasteiger partial charge in [0.2, 0.25) is 0 Å². The normalized spacial score (nSPS) is 15.5. The molecule has 0 bridgehead atoms. The van der Waals surface area contributed by atoms with Gasteiger partial charge in [-0.2, -0.15) is 0 Å². The number of hydrogen-bond acceptors (Lipinski definition) is 3. The topological polar surface area (TPSA) is 31.9 Å². The predicted molar refractivity (Wildman–Crippen MR) is 141 cm³/mol. The van der Waals surface area contributed by atoms with Gasteiger partial charge in [0.05, 0.1) is 5.69 Å². The van der Waals surface area contributed by atoms with Crippen LogP contribution in [-0.4, -0.2) is 27.4 Å². The number of halogens is 1. The fraction of sp³-hybridized carbons (Fsp3) is 0.321. The van der Waals surface area contributed by atoms with Crippen molar-refractivity contribution in [3.05, 3.63) is 82.6 Å². The zero-order valence-corrected chi connectivity index (χ0v) is 21.0. The van der Waals surface area contributed by atoms with Crippen LogP contribution in [0.1, 0.15) is 55.3 Å². The maximum absolute atomic E-state index is 6.03. The largest absolute Gasteiger partial charge is 0.354 e. The minimum absolute atomic E-state index is 0.440. The molecule has 5 heteroatoms. The van der Waals surface area contributed by atoms with Gasteiger partial charge in [-0.3, -0.25) is 4.98 Å². The Hall–Kier alpha value is -2.27. The Bertz CT molecular complexity index is 1250. The van der Waals surface area contributed by atoms with Gasteiger partial charge in [0.1, 0.15) is 0 Å². The number of aromatic nitrogens is 2. The van der Waals surface area contributed by atoms with Crippen LogP contribution in [-0.2, 0) is 0 Å². The SMILES string of the molecule is Cc1cc(-c2[nH]c3ccc(C4CCN(Sc5ccc(Cl)cc5)CC4)cc3c2C(C)C)ccn1. The van der Waals surface area contributed by atoms with Crippen LogP contribution in [0.15, 0.2) is 65.7 Å². The number of pyridine rings is 1. The Morgan fingerprint density at radius 3 is 2.48 bits per heavy atom. The van der Waals surface area contributed by atoms with Gasteiger partial charge in [-0.15, -0.1) is 0 Å². The summed E-state index contributed by atoms with van der Waals surface area (Å²) in [4.78, 5) is 9.35. The Morgan fingerprint density at radius 2 is 1.79 bits per heavy atom. The number of H-pyrrole nitrogens is 1. The van der Waals surface area contributed by atoms with E-state index in [1.165, 1.54) is 51.0 Å². The lowest BCUT2D eigenvalue weighted by atomic mass is 9.88. The van der Waals surface area contributed by atoms with E-state index in [1.807, 2.05) is 30.3 Å². The van der Waals surface area contributed by atoms with Crippen molar-refractivity contribution in [3.63, 3.8) is 0 Å². The van der Waals surface area contributed by atoms with Crippen LogP contribution >= 0.6 is 23.5 Å². The maximum Gasteiger partial charge on any atom is 0.0501 e. The molecule has 0 atom stereocenters. The average Bonchev–Trinajstić information content (AvgIpc) is 3.20. The van der Waals surface area contributed by atoms with Crippen LogP contribution in [0.25, 0.3) is 22.2 Å². The first-order valence-electron chi connectivity index (χ1n) is 11.7. The van der Waals surface area contributed by atoms with Gasteiger partial charge < -0.3 is 4.98 Å². The molecule has 3 nitrogen and oxygen atoms in total. The highest BCUT2D eigenvalue weighted by molar-refractivity contribution is 7.97. The molecule has 1 aliphatic rings. The highest BCUT2D eigenvalue weighted by Gasteiger charge is 2.23. The second-order valence-corrected chi connectivity index (χ2v) is 10.9. The Kier molecular flexibility index (Phi) is 6.51. The van der Waals surface area contributed by atoms with Crippen molar-refractivity contribution in [2.45, 2.75) is 50.3 Å². The third-order valence-electron chi connectivity index (χ3n) is 6.60. The van der Waals surface area contributed by atoms with E-state index >= 15 is 0 Å². The van der Waals surface area contributed by atoms with Crippen LogP contribution in [0, 0.1) is 6.92 Å². The first-order chi connectivity index (χ1) is 16.0. The fourth-order valence-corrected chi connectivity index (χ4v) is 6.01. The maximum atomic E-state index is 6.03. The number of benzene rings is 2. The van der Waals surface area contributed by atoms with E-state index in [2.05, 4.69) is 77.5 Å². The van der Waals surface area contributed by atoms with Crippen molar-refractivity contribution in [2.24, 2.45) is 0 Å². The van der Waals surface area contributed by atoms with E-state index in [0.717, 1.165) is 23.8 Å². The lowest BCUT2D eigenvalue weighted by Crippen LogP contribution is -2.27. The Morgan fingerprint density at radius 1 is 1.03 bits per heavy atom. The van der Waals surface area contributed by atoms with Crippen molar-refractivity contribution in [1.29, 1.82) is 0 Å². The lowest BCUT2D eigenvalue weighted by Gasteiger charge is -2.31. The quantitative estimate of drug-likeness (QED) is 0.295. The number of piperidine rings is 1. The zero-order valence-electron chi connectivity index (χ0n) is 19.4. The van der Waals surface area contributed by atoms with Gasteiger partial charge in [0.25, 0.3) is 0 Å². The number of rotatable bonds is 5. The summed E-state index contributed by atoms with van der Waals surface area (Å²) in [5.41, 5.74) is 7.60. The van der Waals surface area contributed by atoms with E-state index in [9.17, 15) is 0 Å². The molecule has 0 spiro atoms. The smallest absolute Gasteiger partial charge is 0.0501 e. The second kappa shape index (κ2) is 9.54. The molecule has 1 aliphatic heterocycles. The van der Waals surface area contributed by atoms with Crippen LogP contribution in [0.3, 0.4) is 0 Å². The van der Waals surface area contributed by atoms with Crippen LogP contribution in [0.5, 0.6) is 0 Å². The number of hydrogen-bond donors (Lipinski definition) is 1. The van der Waals surface area contributed by atoms with E-state index in [0.29, 0.717) is 11.8 Å². The van der Waals surface area contributed by atoms with Gasteiger partial charge in [0, 0.05) is 51.4 Å². The van der Waals surface area contributed by atoms with E-state index in [-0.39, 0.29) is 0 Å². The zero-order chi connectivity index (χ0) is 22.9. The van der Waals surface area contributed by atoms with Gasteiger partial charge in [0.15, 0.2) is 0 Å². The molecule has 5 rings (SSSR count). The van der Waals surface area contributed by atoms with Gasteiger partial charge in [-0.05, 0) is 103 Å². The molecule has 1 saturated heterocycles. The second-order valence-electron chi connectivity index (χ2n) is 9.31. The molecule has 33 heavy (non-hydrogen) atoms. The van der Waals surface area contributed by atoms with Crippen molar-refractivity contribution in [3.8, 4) is 11.3 Å². The van der Waals surface area contributed by atoms with Crippen molar-refractivity contribution in [2.75, 3.05) is 13.1 Å². The molecule has 170 valence electrons. The summed E-state index contributed by atoms with van der Waals surface area (Å²) in [5, 5.41) is 2.16. The van der Waals surface area contributed by atoms with Crippen LogP contribution in [0.2, 0.25) is 5.02 Å². The molecule has 0 aliphatic carbocycles. The molecule has 0 saturated carbocycles. The standard InChI is InChI=1S/C28H30ClN3S/c1-18(2)27-25-17-21(4-9-26(25)31-28(27)22-10-13-30-19(3)16-22)20-11-14-32(15-12-20)33-24-7-5-23(29)6-8-24/h4-10,13,16-18,20,31H,11-12,14-15H2,1-3H3. The third-order valence-corrected chi connectivity index (χ3v) is 7.96. The van der Waals surface area contributed by atoms with Crippen molar-refractivity contribution in [1.82, 2.24) is 14.3 Å². The summed E-state index contributed by atoms with van der Waals surface area (Å²) in [6.45, 7) is 8.83. The highest BCUT2D eigenvalue weighted by Crippen LogP contribution is 2.39. The summed E-state index contributed by atoms with van der Waals surface area (Å²) in [6.07, 6.45) is 4.27. The van der Waals surface area contributed by atoms with E-state index < -0.39 is 0 Å². The summed E-state index contributed by atoms with van der Waals surface area (Å²) in [6, 6.07) is 19.5. The summed E-state index contributed by atoms with van der Waals surface area (Å²) < 4.78 is 2.48. The Labute approximate surface area is 205 Å². The van der Waals surface area contributed by atoms with E-state index in [1.54, 1.807) is 0 Å². The van der Waals surface area contributed by atoms with Crippen LogP contribution < -0.4 is 0 Å². The number of nitrogens with zero attached hydrogens (tertiary/aromatic N) is 2. The van der Waals surface area contributed by atoms with Crippen molar-refractivity contribution >= 4 is 34.5 Å². The molecule has 2 aromatic carbocycles. The number of aryl methyl sites for hydroxylation is 1. The number of nitrogens with one attached hydrogen (secondary N) is 1. The first-order valence-corrected chi connectivity index (χ1v) is 12.9. The number of aromatic amines is 1. The molecular formula is C28H30ClN3S. The highest BCUT2D eigenvalue weighted by atomic mass is 35.5. The number of fused-ring (bicyclic) bond motifs is 1. The van der Waals surface area contributed by atoms with Crippen molar-refractivity contribution < 1.29 is 0 Å². The minimum atomic E-state index is 0.440. The predicted octanol–water partition coefficient (Wildman–Crippen LogP) is 8.20. The third kappa shape index (κ3) is 4.84. The fourth-order valence-electron chi connectivity index (χ4n) is 4.94. The minimum Gasteiger partial charge on any atom is -0.354 e. The Balaban J connectivity index is 1.37. The van der Waals surface area contributed by atoms with Gasteiger partial charge in [-0.1, -0.05) is 31.5 Å². The lowest BCUT2D eigenvalue weighted by molar-refractivity contribution is 0.346. The monoisotopic (exact) mass is 475 g/mol. The summed E-state index contributed by atoms with van der Waals surface area (Å²) in [5.74, 6) is 1.05. The molecule has 0 unspecified atom stereocenters. The summed E-state index contributed by atoms with van der Waals surface area (Å²) >= 11 is 7.87. The average molecular weight is 476 g/mol. The molecule has 0 radical (unpaired) electrons. The first kappa shape index (κ1) is 22.5. The van der Waals surface area contributed by atoms with E-state index in [4.69, 9.17) is 11.6 Å². The summed E-state index contributed by atoms with van der Waals surface area (Å²) in [7, 11) is 0.